The molecule has 0 saturated carbocycles. The summed E-state index contributed by atoms with van der Waals surface area (Å²) in [5.41, 5.74) is 0.636. The van der Waals surface area contributed by atoms with Gasteiger partial charge in [0.25, 0.3) is 0 Å². The van der Waals surface area contributed by atoms with Gasteiger partial charge in [-0.05, 0) is 18.4 Å². The monoisotopic (exact) mass is 332 g/mol. The van der Waals surface area contributed by atoms with E-state index in [4.69, 9.17) is 0 Å². The molecule has 0 spiro atoms. The molecule has 7 nitrogen and oxygen atoms in total. The number of thioether (sulfide) groups is 1. The second-order valence-corrected chi connectivity index (χ2v) is 6.23. The van der Waals surface area contributed by atoms with E-state index in [-0.39, 0.29) is 12.5 Å². The largest absolute Gasteiger partial charge is 0.360 e. The summed E-state index contributed by atoms with van der Waals surface area (Å²) >= 11 is 3.05. The van der Waals surface area contributed by atoms with Gasteiger partial charge < -0.3 is 10.6 Å². The highest BCUT2D eigenvalue weighted by Gasteiger charge is 2.11. The van der Waals surface area contributed by atoms with Gasteiger partial charge in [-0.3, -0.25) is 4.79 Å². The number of pyridine rings is 1. The van der Waals surface area contributed by atoms with Crippen molar-refractivity contribution in [2.45, 2.75) is 4.34 Å². The Bertz CT molecular complexity index is 792. The van der Waals surface area contributed by atoms with Gasteiger partial charge in [0.1, 0.15) is 22.7 Å². The van der Waals surface area contributed by atoms with Gasteiger partial charge in [-0.15, -0.1) is 11.3 Å². The van der Waals surface area contributed by atoms with Crippen molar-refractivity contribution < 1.29 is 4.79 Å². The first kappa shape index (κ1) is 14.7. The Labute approximate surface area is 134 Å². The molecule has 3 aromatic heterocycles. The van der Waals surface area contributed by atoms with E-state index in [9.17, 15) is 4.79 Å². The van der Waals surface area contributed by atoms with Gasteiger partial charge in [0.2, 0.25) is 5.91 Å². The molecule has 0 aliphatic heterocycles. The molecule has 9 heteroatoms. The average molecular weight is 332 g/mol. The van der Waals surface area contributed by atoms with Crippen molar-refractivity contribution in [2.75, 3.05) is 23.4 Å². The second kappa shape index (κ2) is 6.67. The number of carbonyl (C=O) groups excluding carboxylic acids is 1. The molecule has 3 heterocycles. The van der Waals surface area contributed by atoms with Crippen LogP contribution in [0.5, 0.6) is 0 Å². The second-order valence-electron chi connectivity index (χ2n) is 4.18. The maximum atomic E-state index is 11.9. The number of hydrogen-bond donors (Lipinski definition) is 2. The Morgan fingerprint density at radius 2 is 2.23 bits per heavy atom. The first-order valence-electron chi connectivity index (χ1n) is 6.36. The topological polar surface area (TPSA) is 92.7 Å². The molecule has 0 aromatic carbocycles. The standard InChI is InChI=1S/C13H12N6OS2/c1-21-13-19-12-10(22-13)11(16-7-17-12)15-6-9(20)18-8-4-2-3-5-14-8/h2-5,7H,6H2,1H3,(H,14,18,20)(H,15,16,17). The maximum absolute atomic E-state index is 11.9. The van der Waals surface area contributed by atoms with Crippen LogP contribution in [0.4, 0.5) is 11.6 Å². The van der Waals surface area contributed by atoms with Gasteiger partial charge >= 0.3 is 0 Å². The van der Waals surface area contributed by atoms with Crippen molar-refractivity contribution in [3.05, 3.63) is 30.7 Å². The van der Waals surface area contributed by atoms with E-state index in [1.165, 1.54) is 17.7 Å². The highest BCUT2D eigenvalue weighted by Crippen LogP contribution is 2.30. The number of hydrogen-bond acceptors (Lipinski definition) is 8. The molecule has 0 aliphatic rings. The molecular formula is C13H12N6OS2. The predicted octanol–water partition coefficient (Wildman–Crippen LogP) is 2.25. The lowest BCUT2D eigenvalue weighted by atomic mass is 10.4. The molecule has 0 radical (unpaired) electrons. The van der Waals surface area contributed by atoms with Gasteiger partial charge in [-0.2, -0.15) is 0 Å². The molecule has 1 amide bonds. The van der Waals surface area contributed by atoms with Crippen LogP contribution in [0.1, 0.15) is 0 Å². The highest BCUT2D eigenvalue weighted by atomic mass is 32.2. The molecule has 112 valence electrons. The molecule has 0 aliphatic carbocycles. The van der Waals surface area contributed by atoms with Gasteiger partial charge in [-0.1, -0.05) is 17.8 Å². The number of thiazole rings is 1. The van der Waals surface area contributed by atoms with E-state index >= 15 is 0 Å². The van der Waals surface area contributed by atoms with Crippen molar-refractivity contribution >= 4 is 51.0 Å². The quantitative estimate of drug-likeness (QED) is 0.692. The van der Waals surface area contributed by atoms with Crippen molar-refractivity contribution in [3.8, 4) is 0 Å². The lowest BCUT2D eigenvalue weighted by molar-refractivity contribution is -0.114. The minimum atomic E-state index is -0.194. The number of aromatic nitrogens is 4. The lowest BCUT2D eigenvalue weighted by Gasteiger charge is -2.06. The van der Waals surface area contributed by atoms with Crippen molar-refractivity contribution in [1.29, 1.82) is 0 Å². The summed E-state index contributed by atoms with van der Waals surface area (Å²) in [6, 6.07) is 5.33. The fraction of sp³-hybridized carbons (Fsp3) is 0.154. The Morgan fingerprint density at radius 1 is 1.32 bits per heavy atom. The molecule has 0 atom stereocenters. The maximum Gasteiger partial charge on any atom is 0.244 e. The number of amides is 1. The molecule has 0 bridgehead atoms. The predicted molar refractivity (Wildman–Crippen MR) is 88.3 cm³/mol. The lowest BCUT2D eigenvalue weighted by Crippen LogP contribution is -2.22. The summed E-state index contributed by atoms with van der Waals surface area (Å²) in [5, 5.41) is 5.72. The first-order valence-corrected chi connectivity index (χ1v) is 8.40. The van der Waals surface area contributed by atoms with Crippen LogP contribution in [0, 0.1) is 0 Å². The Morgan fingerprint density at radius 3 is 3.00 bits per heavy atom. The highest BCUT2D eigenvalue weighted by molar-refractivity contribution is 8.00. The molecule has 0 saturated heterocycles. The van der Waals surface area contributed by atoms with E-state index in [1.807, 2.05) is 12.3 Å². The van der Waals surface area contributed by atoms with E-state index < -0.39 is 0 Å². The minimum absolute atomic E-state index is 0.0924. The summed E-state index contributed by atoms with van der Waals surface area (Å²) in [5.74, 6) is 0.934. The molecule has 22 heavy (non-hydrogen) atoms. The van der Waals surface area contributed by atoms with Crippen LogP contribution in [0.25, 0.3) is 10.3 Å². The Kier molecular flexibility index (Phi) is 4.45. The first-order chi connectivity index (χ1) is 10.8. The van der Waals surface area contributed by atoms with Crippen LogP contribution >= 0.6 is 23.1 Å². The van der Waals surface area contributed by atoms with E-state index in [2.05, 4.69) is 30.6 Å². The summed E-state index contributed by atoms with van der Waals surface area (Å²) in [4.78, 5) is 28.6. The van der Waals surface area contributed by atoms with Gasteiger partial charge in [-0.25, -0.2) is 19.9 Å². The van der Waals surface area contributed by atoms with E-state index in [0.717, 1.165) is 9.04 Å². The summed E-state index contributed by atoms with van der Waals surface area (Å²) < 4.78 is 1.76. The van der Waals surface area contributed by atoms with E-state index in [1.54, 1.807) is 30.1 Å². The minimum Gasteiger partial charge on any atom is -0.360 e. The van der Waals surface area contributed by atoms with Gasteiger partial charge in [0, 0.05) is 6.20 Å². The molecule has 3 rings (SSSR count). The Hall–Kier alpha value is -2.26. The normalized spacial score (nSPS) is 10.6. The molecule has 3 aromatic rings. The molecule has 2 N–H and O–H groups in total. The number of anilines is 2. The molecular weight excluding hydrogens is 320 g/mol. The fourth-order valence-corrected chi connectivity index (χ4v) is 3.21. The van der Waals surface area contributed by atoms with Crippen LogP contribution in [0.15, 0.2) is 35.1 Å². The zero-order chi connectivity index (χ0) is 15.4. The third kappa shape index (κ3) is 3.31. The third-order valence-electron chi connectivity index (χ3n) is 2.69. The van der Waals surface area contributed by atoms with Crippen LogP contribution in [0.3, 0.4) is 0 Å². The smallest absolute Gasteiger partial charge is 0.244 e. The van der Waals surface area contributed by atoms with E-state index in [0.29, 0.717) is 17.3 Å². The number of fused-ring (bicyclic) bond motifs is 1. The van der Waals surface area contributed by atoms with Crippen molar-refractivity contribution in [2.24, 2.45) is 0 Å². The van der Waals surface area contributed by atoms with Crippen LogP contribution in [-0.4, -0.2) is 38.6 Å². The van der Waals surface area contributed by atoms with Crippen molar-refractivity contribution in [3.63, 3.8) is 0 Å². The zero-order valence-electron chi connectivity index (χ0n) is 11.6. The van der Waals surface area contributed by atoms with Gasteiger partial charge in [0.05, 0.1) is 6.54 Å². The SMILES string of the molecule is CSc1nc2ncnc(NCC(=O)Nc3ccccn3)c2s1. The molecule has 0 unspecified atom stereocenters. The number of nitrogens with zero attached hydrogens (tertiary/aromatic N) is 4. The Balaban J connectivity index is 1.68. The summed E-state index contributed by atoms with van der Waals surface area (Å²) in [7, 11) is 0. The van der Waals surface area contributed by atoms with Crippen LogP contribution < -0.4 is 10.6 Å². The van der Waals surface area contributed by atoms with Crippen LogP contribution in [0.2, 0.25) is 0 Å². The van der Waals surface area contributed by atoms with Crippen LogP contribution in [-0.2, 0) is 4.79 Å². The van der Waals surface area contributed by atoms with Gasteiger partial charge in [0.15, 0.2) is 9.99 Å². The van der Waals surface area contributed by atoms with Crippen molar-refractivity contribution in [1.82, 2.24) is 19.9 Å². The summed E-state index contributed by atoms with van der Waals surface area (Å²) in [6.07, 6.45) is 5.02. The zero-order valence-corrected chi connectivity index (χ0v) is 13.2. The summed E-state index contributed by atoms with van der Waals surface area (Å²) in [6.45, 7) is 0.0924. The number of carbonyl (C=O) groups is 1. The third-order valence-corrected chi connectivity index (χ3v) is 4.73. The fourth-order valence-electron chi connectivity index (χ4n) is 1.74. The molecule has 0 fully saturated rings. The number of nitrogens with one attached hydrogen (secondary N) is 2. The average Bonchev–Trinajstić information content (AvgIpc) is 2.97. The number of rotatable bonds is 5.